The van der Waals surface area contributed by atoms with Gasteiger partial charge >= 0.3 is 0 Å². The number of nitrogens with zero attached hydrogens (tertiary/aromatic N) is 2. The van der Waals surface area contributed by atoms with Crippen LogP contribution in [0.15, 0.2) is 0 Å². The number of unbranched alkanes of at least 4 members (excludes halogenated alkanes) is 1. The molecule has 0 spiro atoms. The van der Waals surface area contributed by atoms with E-state index in [2.05, 4.69) is 24.2 Å². The zero-order chi connectivity index (χ0) is 16.8. The van der Waals surface area contributed by atoms with Gasteiger partial charge in [0.15, 0.2) is 0 Å². The van der Waals surface area contributed by atoms with Gasteiger partial charge in [0.25, 0.3) is 0 Å². The Labute approximate surface area is 144 Å². The number of carbonyl (C=O) groups is 2. The van der Waals surface area contributed by atoms with Crippen LogP contribution in [0.4, 0.5) is 0 Å². The van der Waals surface area contributed by atoms with Crippen molar-refractivity contribution in [2.24, 2.45) is 5.92 Å². The summed E-state index contributed by atoms with van der Waals surface area (Å²) in [6, 6.07) is -0.174. The molecule has 1 aliphatic heterocycles. The summed E-state index contributed by atoms with van der Waals surface area (Å²) in [5.41, 5.74) is 0. The lowest BCUT2D eigenvalue weighted by molar-refractivity contribution is -0.143. The molecule has 2 rings (SSSR count). The highest BCUT2D eigenvalue weighted by molar-refractivity contribution is 7.99. The van der Waals surface area contributed by atoms with Crippen molar-refractivity contribution in [3.63, 3.8) is 0 Å². The van der Waals surface area contributed by atoms with Crippen LogP contribution in [0.5, 0.6) is 0 Å². The third-order valence-corrected chi connectivity index (χ3v) is 5.80. The molecular weight excluding hydrogens is 310 g/mol. The van der Waals surface area contributed by atoms with Gasteiger partial charge < -0.3 is 15.1 Å². The maximum Gasteiger partial charge on any atom is 0.243 e. The summed E-state index contributed by atoms with van der Waals surface area (Å²) < 4.78 is 0. The summed E-state index contributed by atoms with van der Waals surface area (Å²) in [7, 11) is 2.09. The number of likely N-dealkylation sites (N-methyl/N-ethyl adjacent to an activating group) is 1. The zero-order valence-corrected chi connectivity index (χ0v) is 15.5. The molecule has 0 aromatic rings. The van der Waals surface area contributed by atoms with Crippen molar-refractivity contribution < 1.29 is 9.59 Å². The van der Waals surface area contributed by atoms with Crippen molar-refractivity contribution in [2.45, 2.75) is 58.0 Å². The van der Waals surface area contributed by atoms with Gasteiger partial charge in [-0.1, -0.05) is 19.8 Å². The molecule has 5 nitrogen and oxygen atoms in total. The highest BCUT2D eigenvalue weighted by Gasteiger charge is 2.39. The minimum Gasteiger partial charge on any atom is -0.351 e. The van der Waals surface area contributed by atoms with Crippen molar-refractivity contribution >= 4 is 23.6 Å². The minimum absolute atomic E-state index is 0.0130. The number of amides is 2. The van der Waals surface area contributed by atoms with Crippen LogP contribution in [0.2, 0.25) is 0 Å². The summed E-state index contributed by atoms with van der Waals surface area (Å²) in [6.45, 7) is 6.13. The van der Waals surface area contributed by atoms with Crippen molar-refractivity contribution in [1.82, 2.24) is 15.1 Å². The molecular formula is C17H31N3O2S. The zero-order valence-electron chi connectivity index (χ0n) is 14.7. The monoisotopic (exact) mass is 341 g/mol. The molecule has 0 unspecified atom stereocenters. The fourth-order valence-electron chi connectivity index (χ4n) is 3.14. The number of carbonyl (C=O) groups excluding carboxylic acids is 2. The summed E-state index contributed by atoms with van der Waals surface area (Å²) in [6.07, 6.45) is 5.50. The Hall–Kier alpha value is -0.750. The topological polar surface area (TPSA) is 52.7 Å². The van der Waals surface area contributed by atoms with Gasteiger partial charge in [-0.05, 0) is 39.8 Å². The highest BCUT2D eigenvalue weighted by atomic mass is 32.2. The van der Waals surface area contributed by atoms with Crippen LogP contribution >= 0.6 is 11.8 Å². The van der Waals surface area contributed by atoms with Gasteiger partial charge in [-0.3, -0.25) is 9.59 Å². The predicted molar refractivity (Wildman–Crippen MR) is 95.3 cm³/mol. The Morgan fingerprint density at radius 2 is 2.13 bits per heavy atom. The second-order valence-electron chi connectivity index (χ2n) is 6.98. The molecule has 2 fully saturated rings. The van der Waals surface area contributed by atoms with Crippen molar-refractivity contribution in [3.8, 4) is 0 Å². The first-order valence-electron chi connectivity index (χ1n) is 8.90. The molecule has 132 valence electrons. The minimum atomic E-state index is -0.281. The maximum atomic E-state index is 12.6. The lowest BCUT2D eigenvalue weighted by Crippen LogP contribution is -2.52. The van der Waals surface area contributed by atoms with Gasteiger partial charge in [-0.2, -0.15) is 0 Å². The number of hydrogen-bond acceptors (Lipinski definition) is 4. The predicted octanol–water partition coefficient (Wildman–Crippen LogP) is 1.92. The third-order valence-electron chi connectivity index (χ3n) is 4.79. The Bertz CT molecular complexity index is 415. The summed E-state index contributed by atoms with van der Waals surface area (Å²) in [4.78, 5) is 29.1. The summed E-state index contributed by atoms with van der Waals surface area (Å²) in [5.74, 6) is 1.76. The largest absolute Gasteiger partial charge is 0.351 e. The molecule has 2 aliphatic rings. The van der Waals surface area contributed by atoms with Crippen LogP contribution in [0, 0.1) is 5.92 Å². The highest BCUT2D eigenvalue weighted by Crippen LogP contribution is 2.32. The lowest BCUT2D eigenvalue weighted by atomic mass is 9.84. The van der Waals surface area contributed by atoms with Crippen molar-refractivity contribution in [2.75, 3.05) is 31.8 Å². The first kappa shape index (κ1) is 18.6. The molecule has 0 bridgehead atoms. The molecule has 0 aromatic heterocycles. The van der Waals surface area contributed by atoms with Crippen LogP contribution in [0.1, 0.15) is 46.0 Å². The molecule has 1 heterocycles. The maximum absolute atomic E-state index is 12.6. The van der Waals surface area contributed by atoms with Gasteiger partial charge in [0.2, 0.25) is 11.8 Å². The number of hydrogen-bond donors (Lipinski definition) is 1. The molecule has 1 saturated heterocycles. The first-order valence-corrected chi connectivity index (χ1v) is 10.1. The van der Waals surface area contributed by atoms with E-state index in [4.69, 9.17) is 0 Å². The molecule has 6 heteroatoms. The van der Waals surface area contributed by atoms with E-state index in [1.165, 1.54) is 12.8 Å². The van der Waals surface area contributed by atoms with E-state index in [1.807, 2.05) is 6.92 Å². The number of rotatable bonds is 8. The van der Waals surface area contributed by atoms with Gasteiger partial charge in [0, 0.05) is 24.3 Å². The second-order valence-corrected chi connectivity index (χ2v) is 7.98. The lowest BCUT2D eigenvalue weighted by Gasteiger charge is -2.32. The smallest absolute Gasteiger partial charge is 0.243 e. The Kier molecular flexibility index (Phi) is 7.21. The normalized spacial score (nSPS) is 23.0. The fraction of sp³-hybridized carbons (Fsp3) is 0.882. The average molecular weight is 342 g/mol. The van der Waals surface area contributed by atoms with Gasteiger partial charge in [-0.25, -0.2) is 0 Å². The summed E-state index contributed by atoms with van der Waals surface area (Å²) >= 11 is 1.68. The van der Waals surface area contributed by atoms with E-state index < -0.39 is 0 Å². The molecule has 1 saturated carbocycles. The van der Waals surface area contributed by atoms with Gasteiger partial charge in [0.05, 0.1) is 5.88 Å². The molecule has 2 amide bonds. The Morgan fingerprint density at radius 3 is 2.74 bits per heavy atom. The first-order chi connectivity index (χ1) is 11.0. The molecule has 23 heavy (non-hydrogen) atoms. The van der Waals surface area contributed by atoms with E-state index in [0.717, 1.165) is 38.1 Å². The van der Waals surface area contributed by atoms with E-state index in [-0.39, 0.29) is 29.8 Å². The number of thioether (sulfide) groups is 1. The Balaban J connectivity index is 1.80. The molecule has 1 aliphatic carbocycles. The van der Waals surface area contributed by atoms with Gasteiger partial charge in [0.1, 0.15) is 6.04 Å². The molecule has 2 atom stereocenters. The van der Waals surface area contributed by atoms with Crippen LogP contribution < -0.4 is 5.32 Å². The number of nitrogens with one attached hydrogen (secondary N) is 1. The average Bonchev–Trinajstić information content (AvgIpc) is 2.92. The van der Waals surface area contributed by atoms with Crippen LogP contribution in [0.3, 0.4) is 0 Å². The van der Waals surface area contributed by atoms with Crippen LogP contribution in [-0.2, 0) is 9.59 Å². The Morgan fingerprint density at radius 1 is 1.39 bits per heavy atom. The van der Waals surface area contributed by atoms with E-state index in [1.54, 1.807) is 16.7 Å². The van der Waals surface area contributed by atoms with Crippen molar-refractivity contribution in [1.29, 1.82) is 0 Å². The fourth-order valence-corrected chi connectivity index (χ4v) is 4.30. The third kappa shape index (κ3) is 5.11. The molecule has 0 aromatic carbocycles. The van der Waals surface area contributed by atoms with Gasteiger partial charge in [-0.15, -0.1) is 11.8 Å². The standard InChI is InChI=1S/C17H31N3O2S/c1-4-5-9-19(3)10-13(2)18-16(21)15-11-23-12-20(15)17(22)14-7-6-8-14/h13-15H,4-12H2,1-3H3,(H,18,21)/t13-,15-/m0/s1. The van der Waals surface area contributed by atoms with E-state index >= 15 is 0 Å². The van der Waals surface area contributed by atoms with Crippen LogP contribution in [-0.4, -0.2) is 65.5 Å². The van der Waals surface area contributed by atoms with Crippen LogP contribution in [0.25, 0.3) is 0 Å². The quantitative estimate of drug-likeness (QED) is 0.733. The summed E-state index contributed by atoms with van der Waals surface area (Å²) in [5, 5.41) is 3.10. The van der Waals surface area contributed by atoms with E-state index in [9.17, 15) is 9.59 Å². The molecule has 0 radical (unpaired) electrons. The second kappa shape index (κ2) is 8.92. The van der Waals surface area contributed by atoms with E-state index in [0.29, 0.717) is 5.88 Å². The SMILES string of the molecule is CCCCN(C)C[C@H](C)NC(=O)[C@@H]1CSCN1C(=O)C1CCC1. The van der Waals surface area contributed by atoms with Crippen molar-refractivity contribution in [3.05, 3.63) is 0 Å². The molecule has 1 N–H and O–H groups in total.